The van der Waals surface area contributed by atoms with Crippen molar-refractivity contribution in [3.8, 4) is 22.8 Å². The van der Waals surface area contributed by atoms with Crippen LogP contribution in [0.15, 0.2) is 42.5 Å². The molecule has 152 valence electrons. The lowest BCUT2D eigenvalue weighted by atomic mass is 10.1. The summed E-state index contributed by atoms with van der Waals surface area (Å²) in [6.07, 6.45) is 0. The molecule has 3 rings (SSSR count). The maximum atomic E-state index is 12.5. The molecule has 6 nitrogen and oxygen atoms in total. The summed E-state index contributed by atoms with van der Waals surface area (Å²) < 4.78 is 34.7. The maximum Gasteiger partial charge on any atom is 0.387 e. The number of anilines is 1. The van der Waals surface area contributed by atoms with Crippen molar-refractivity contribution < 1.29 is 23.0 Å². The zero-order chi connectivity index (χ0) is 21.0. The van der Waals surface area contributed by atoms with Crippen LogP contribution >= 0.6 is 23.2 Å². The van der Waals surface area contributed by atoms with Crippen molar-refractivity contribution in [2.45, 2.75) is 13.5 Å². The van der Waals surface area contributed by atoms with Crippen LogP contribution in [0.25, 0.3) is 11.3 Å². The molecule has 0 aliphatic carbocycles. The van der Waals surface area contributed by atoms with E-state index >= 15 is 0 Å². The summed E-state index contributed by atoms with van der Waals surface area (Å²) in [5.41, 5.74) is 1.59. The minimum atomic E-state index is -2.99. The fraction of sp³-hybridized carbons (Fsp3) is 0.158. The van der Waals surface area contributed by atoms with E-state index in [1.54, 1.807) is 25.1 Å². The third-order valence-electron chi connectivity index (χ3n) is 3.75. The lowest BCUT2D eigenvalue weighted by Crippen LogP contribution is -2.13. The van der Waals surface area contributed by atoms with Crippen molar-refractivity contribution in [3.63, 3.8) is 0 Å². The van der Waals surface area contributed by atoms with Gasteiger partial charge in [-0.2, -0.15) is 13.9 Å². The van der Waals surface area contributed by atoms with Gasteiger partial charge in [-0.05, 0) is 43.3 Å². The molecule has 0 unspecified atom stereocenters. The first-order chi connectivity index (χ1) is 13.9. The Morgan fingerprint density at radius 2 is 1.97 bits per heavy atom. The van der Waals surface area contributed by atoms with Gasteiger partial charge in [-0.25, -0.2) is 0 Å². The number of hydrogen-bond acceptors (Lipinski definition) is 4. The predicted molar refractivity (Wildman–Crippen MR) is 106 cm³/mol. The largest absolute Gasteiger partial charge is 0.490 e. The first-order valence-electron chi connectivity index (χ1n) is 8.41. The zero-order valence-corrected chi connectivity index (χ0v) is 16.5. The van der Waals surface area contributed by atoms with Crippen LogP contribution in [-0.4, -0.2) is 29.3 Å². The van der Waals surface area contributed by atoms with Gasteiger partial charge in [-0.1, -0.05) is 23.2 Å². The van der Waals surface area contributed by atoms with E-state index < -0.39 is 12.5 Å². The van der Waals surface area contributed by atoms with Crippen molar-refractivity contribution >= 4 is 34.8 Å². The molecule has 3 aromatic rings. The first-order valence-corrected chi connectivity index (χ1v) is 9.16. The number of halogens is 4. The molecule has 1 amide bonds. The van der Waals surface area contributed by atoms with E-state index in [4.69, 9.17) is 27.9 Å². The lowest BCUT2D eigenvalue weighted by Gasteiger charge is -2.13. The summed E-state index contributed by atoms with van der Waals surface area (Å²) in [5, 5.41) is 10.2. The quantitative estimate of drug-likeness (QED) is 0.497. The van der Waals surface area contributed by atoms with Gasteiger partial charge >= 0.3 is 6.61 Å². The number of carbonyl (C=O) groups is 1. The number of amides is 1. The van der Waals surface area contributed by atoms with Crippen LogP contribution in [0.3, 0.4) is 0 Å². The number of aromatic nitrogens is 2. The summed E-state index contributed by atoms with van der Waals surface area (Å²) in [7, 11) is 0. The molecule has 0 radical (unpaired) electrons. The van der Waals surface area contributed by atoms with Crippen molar-refractivity contribution in [1.82, 2.24) is 10.2 Å². The predicted octanol–water partition coefficient (Wildman–Crippen LogP) is 5.64. The van der Waals surface area contributed by atoms with Gasteiger partial charge in [-0.15, -0.1) is 0 Å². The van der Waals surface area contributed by atoms with Gasteiger partial charge in [0.2, 0.25) is 0 Å². The number of carbonyl (C=O) groups excluding carboxylic acids is 1. The van der Waals surface area contributed by atoms with Gasteiger partial charge in [0.05, 0.1) is 17.3 Å². The molecule has 0 saturated carbocycles. The maximum absolute atomic E-state index is 12.5. The summed E-state index contributed by atoms with van der Waals surface area (Å²) in [5.74, 6) is -0.524. The van der Waals surface area contributed by atoms with E-state index in [2.05, 4.69) is 20.3 Å². The SMILES string of the molecule is CCOc1cc(NC(=O)c2cc(-c3ccc(Cl)cc3Cl)n[nH]2)ccc1OC(F)F. The molecule has 0 aliphatic rings. The highest BCUT2D eigenvalue weighted by Crippen LogP contribution is 2.32. The number of hydrogen-bond donors (Lipinski definition) is 2. The summed E-state index contributed by atoms with van der Waals surface area (Å²) >= 11 is 12.0. The Labute approximate surface area is 174 Å². The summed E-state index contributed by atoms with van der Waals surface area (Å²) in [6, 6.07) is 10.6. The Morgan fingerprint density at radius 3 is 2.66 bits per heavy atom. The van der Waals surface area contributed by atoms with E-state index in [0.717, 1.165) is 0 Å². The third-order valence-corrected chi connectivity index (χ3v) is 4.29. The molecule has 2 N–H and O–H groups in total. The minimum absolute atomic E-state index is 0.0869. The highest BCUT2D eigenvalue weighted by Gasteiger charge is 2.16. The topological polar surface area (TPSA) is 76.2 Å². The molecular weight excluding hydrogens is 427 g/mol. The number of nitrogens with zero attached hydrogens (tertiary/aromatic N) is 1. The average molecular weight is 442 g/mol. The molecule has 1 heterocycles. The standard InChI is InChI=1S/C19H15Cl2F2N3O3/c1-2-28-17-8-11(4-6-16(17)29-19(22)23)24-18(27)15-9-14(25-26-15)12-5-3-10(20)7-13(12)21/h3-9,19H,2H2,1H3,(H,24,27)(H,25,26). The molecule has 0 bridgehead atoms. The van der Waals surface area contributed by atoms with Crippen LogP contribution in [-0.2, 0) is 0 Å². The van der Waals surface area contributed by atoms with Crippen LogP contribution in [0.4, 0.5) is 14.5 Å². The molecular formula is C19H15Cl2F2N3O3. The molecule has 10 heteroatoms. The second-order valence-corrected chi connectivity index (χ2v) is 6.56. The highest BCUT2D eigenvalue weighted by molar-refractivity contribution is 6.36. The highest BCUT2D eigenvalue weighted by atomic mass is 35.5. The molecule has 1 aromatic heterocycles. The van der Waals surface area contributed by atoms with Crippen LogP contribution in [0.1, 0.15) is 17.4 Å². The molecule has 0 fully saturated rings. The van der Waals surface area contributed by atoms with E-state index in [-0.39, 0.29) is 23.8 Å². The van der Waals surface area contributed by atoms with E-state index in [1.807, 2.05) is 0 Å². The van der Waals surface area contributed by atoms with Gasteiger partial charge in [-0.3, -0.25) is 9.89 Å². The second kappa shape index (κ2) is 9.11. The number of H-pyrrole nitrogens is 1. The van der Waals surface area contributed by atoms with Crippen molar-refractivity contribution in [2.75, 3.05) is 11.9 Å². The summed E-state index contributed by atoms with van der Waals surface area (Å²) in [6.45, 7) is -1.05. The monoisotopic (exact) mass is 441 g/mol. The van der Waals surface area contributed by atoms with E-state index in [0.29, 0.717) is 27.0 Å². The number of alkyl halides is 2. The fourth-order valence-electron chi connectivity index (χ4n) is 2.52. The molecule has 0 atom stereocenters. The van der Waals surface area contributed by atoms with Crippen molar-refractivity contribution in [2.24, 2.45) is 0 Å². The number of rotatable bonds is 7. The molecule has 0 aliphatic heterocycles. The Hall–Kier alpha value is -2.84. The normalized spacial score (nSPS) is 10.8. The number of nitrogens with one attached hydrogen (secondary N) is 2. The number of aromatic amines is 1. The van der Waals surface area contributed by atoms with E-state index in [9.17, 15) is 13.6 Å². The number of benzene rings is 2. The lowest BCUT2D eigenvalue weighted by molar-refractivity contribution is -0.0514. The van der Waals surface area contributed by atoms with Gasteiger partial charge in [0.15, 0.2) is 11.5 Å². The first kappa shape index (κ1) is 20.9. The molecule has 0 saturated heterocycles. The van der Waals surface area contributed by atoms with E-state index in [1.165, 1.54) is 24.3 Å². The average Bonchev–Trinajstić information content (AvgIpc) is 3.13. The van der Waals surface area contributed by atoms with Crippen molar-refractivity contribution in [1.29, 1.82) is 0 Å². The third kappa shape index (κ3) is 5.16. The Kier molecular flexibility index (Phi) is 6.56. The Balaban J connectivity index is 1.78. The van der Waals surface area contributed by atoms with Gasteiger partial charge in [0.1, 0.15) is 5.69 Å². The fourth-order valence-corrected chi connectivity index (χ4v) is 3.02. The van der Waals surface area contributed by atoms with Gasteiger partial charge in [0, 0.05) is 22.3 Å². The Bertz CT molecular complexity index is 1030. The smallest absolute Gasteiger partial charge is 0.387 e. The Morgan fingerprint density at radius 1 is 1.17 bits per heavy atom. The second-order valence-electron chi connectivity index (χ2n) is 5.72. The molecule has 29 heavy (non-hydrogen) atoms. The van der Waals surface area contributed by atoms with Crippen molar-refractivity contribution in [3.05, 3.63) is 58.2 Å². The van der Waals surface area contributed by atoms with Gasteiger partial charge in [0.25, 0.3) is 5.91 Å². The number of ether oxygens (including phenoxy) is 2. The van der Waals surface area contributed by atoms with Crippen LogP contribution < -0.4 is 14.8 Å². The zero-order valence-electron chi connectivity index (χ0n) is 15.0. The van der Waals surface area contributed by atoms with Crippen LogP contribution in [0.2, 0.25) is 10.0 Å². The summed E-state index contributed by atoms with van der Waals surface area (Å²) in [4.78, 5) is 12.5. The van der Waals surface area contributed by atoms with Gasteiger partial charge < -0.3 is 14.8 Å². The minimum Gasteiger partial charge on any atom is -0.490 e. The molecule has 0 spiro atoms. The van der Waals surface area contributed by atoms with Crippen LogP contribution in [0.5, 0.6) is 11.5 Å². The molecule has 2 aromatic carbocycles. The van der Waals surface area contributed by atoms with Crippen LogP contribution in [0, 0.1) is 0 Å².